The third-order valence-corrected chi connectivity index (χ3v) is 2.91. The summed E-state index contributed by atoms with van der Waals surface area (Å²) in [5.74, 6) is 2.80. The largest absolute Gasteiger partial charge is 0.444 e. The minimum Gasteiger partial charge on any atom is -0.444 e. The van der Waals surface area contributed by atoms with E-state index >= 15 is 0 Å². The Hall–Kier alpha value is -0.850. The topological polar surface area (TPSA) is 18.5 Å². The number of allylic oxidation sites excluding steroid dienone is 1. The van der Waals surface area contributed by atoms with Crippen LogP contribution in [0, 0.1) is 0 Å². The Labute approximate surface area is 86.5 Å². The highest BCUT2D eigenvalue weighted by Crippen LogP contribution is 2.40. The zero-order chi connectivity index (χ0) is 10.2. The van der Waals surface area contributed by atoms with E-state index in [2.05, 4.69) is 0 Å². The average molecular weight is 210 g/mol. The molecule has 0 aliphatic carbocycles. The second-order valence-corrected chi connectivity index (χ2v) is 3.90. The van der Waals surface area contributed by atoms with Crippen molar-refractivity contribution in [3.05, 3.63) is 42.2 Å². The summed E-state index contributed by atoms with van der Waals surface area (Å²) < 4.78 is 11.1. The van der Waals surface area contributed by atoms with E-state index in [0.717, 1.165) is 5.75 Å². The summed E-state index contributed by atoms with van der Waals surface area (Å²) >= 11 is 0. The molecule has 0 saturated heterocycles. The lowest BCUT2D eigenvalue weighted by molar-refractivity contribution is 0.340. The molecule has 0 radical (unpaired) electrons. The van der Waals surface area contributed by atoms with Crippen molar-refractivity contribution in [1.82, 2.24) is 0 Å². The highest BCUT2D eigenvalue weighted by atomic mass is 31.2. The van der Waals surface area contributed by atoms with E-state index in [9.17, 15) is 0 Å². The first kappa shape index (κ1) is 11.2. The van der Waals surface area contributed by atoms with Crippen LogP contribution in [0.2, 0.25) is 0 Å². The Bertz CT molecular complexity index is 272. The molecule has 0 fully saturated rings. The lowest BCUT2D eigenvalue weighted by atomic mass is 10.3. The molecule has 1 aromatic carbocycles. The van der Waals surface area contributed by atoms with E-state index in [1.807, 2.05) is 56.1 Å². The van der Waals surface area contributed by atoms with Crippen LogP contribution < -0.4 is 4.52 Å². The number of rotatable bonds is 5. The van der Waals surface area contributed by atoms with Crippen LogP contribution in [0.1, 0.15) is 13.8 Å². The minimum absolute atomic E-state index is 0.670. The van der Waals surface area contributed by atoms with Gasteiger partial charge in [-0.3, -0.25) is 0 Å². The van der Waals surface area contributed by atoms with Gasteiger partial charge in [-0.1, -0.05) is 24.3 Å². The summed E-state index contributed by atoms with van der Waals surface area (Å²) in [6.45, 7) is 4.60. The zero-order valence-corrected chi connectivity index (χ0v) is 9.41. The second-order valence-electron chi connectivity index (χ2n) is 2.59. The zero-order valence-electron chi connectivity index (χ0n) is 8.51. The fourth-order valence-corrected chi connectivity index (χ4v) is 1.96. The summed E-state index contributed by atoms with van der Waals surface area (Å²) in [6.07, 6.45) is 1.95. The van der Waals surface area contributed by atoms with E-state index in [4.69, 9.17) is 9.05 Å². The van der Waals surface area contributed by atoms with Crippen LogP contribution in [0.25, 0.3) is 0 Å². The fourth-order valence-electron chi connectivity index (χ4n) is 0.934. The van der Waals surface area contributed by atoms with Crippen LogP contribution in [-0.2, 0) is 4.52 Å². The van der Waals surface area contributed by atoms with Gasteiger partial charge in [0, 0.05) is 5.82 Å². The molecule has 0 N–H and O–H groups in total. The molecule has 0 amide bonds. The number of hydrogen-bond donors (Lipinski definition) is 0. The maximum absolute atomic E-state index is 5.65. The van der Waals surface area contributed by atoms with Crippen molar-refractivity contribution < 1.29 is 9.05 Å². The Morgan fingerprint density at radius 3 is 2.57 bits per heavy atom. The summed E-state index contributed by atoms with van der Waals surface area (Å²) in [5, 5.41) is 0. The standard InChI is InChI=1S/C11H15O2P/c1-3-10-14(12-4-2)13-11-8-6-5-7-9-11/h3,5-10H,4H2,1-2H3/b10-3+. The van der Waals surface area contributed by atoms with Crippen molar-refractivity contribution in [1.29, 1.82) is 0 Å². The molecular formula is C11H15O2P. The van der Waals surface area contributed by atoms with Gasteiger partial charge in [0.1, 0.15) is 5.75 Å². The molecule has 14 heavy (non-hydrogen) atoms. The van der Waals surface area contributed by atoms with Gasteiger partial charge in [-0.15, -0.1) is 0 Å². The number of para-hydroxylation sites is 1. The molecule has 1 atom stereocenters. The van der Waals surface area contributed by atoms with Gasteiger partial charge in [-0.2, -0.15) is 0 Å². The molecule has 2 nitrogen and oxygen atoms in total. The molecule has 76 valence electrons. The second kappa shape index (κ2) is 6.58. The molecule has 1 unspecified atom stereocenters. The Morgan fingerprint density at radius 2 is 2.00 bits per heavy atom. The number of benzene rings is 1. The lowest BCUT2D eigenvalue weighted by Crippen LogP contribution is -1.90. The van der Waals surface area contributed by atoms with E-state index in [1.165, 1.54) is 0 Å². The molecule has 0 heterocycles. The summed E-state index contributed by atoms with van der Waals surface area (Å²) in [4.78, 5) is 0. The molecule has 0 bridgehead atoms. The van der Waals surface area contributed by atoms with Crippen molar-refractivity contribution in [3.63, 3.8) is 0 Å². The van der Waals surface area contributed by atoms with Crippen molar-refractivity contribution in [2.75, 3.05) is 6.61 Å². The van der Waals surface area contributed by atoms with Gasteiger partial charge in [0.2, 0.25) is 0 Å². The molecular weight excluding hydrogens is 195 g/mol. The normalized spacial score (nSPS) is 13.0. The summed E-state index contributed by atoms with van der Waals surface area (Å²) in [6, 6.07) is 9.72. The highest BCUT2D eigenvalue weighted by molar-refractivity contribution is 7.51. The van der Waals surface area contributed by atoms with Gasteiger partial charge in [-0.05, 0) is 26.0 Å². The predicted molar refractivity (Wildman–Crippen MR) is 60.4 cm³/mol. The smallest absolute Gasteiger partial charge is 0.256 e. The molecule has 1 aromatic rings. The van der Waals surface area contributed by atoms with E-state index in [0.29, 0.717) is 6.61 Å². The van der Waals surface area contributed by atoms with Crippen LogP contribution >= 0.6 is 8.38 Å². The lowest BCUT2D eigenvalue weighted by Gasteiger charge is -2.13. The molecule has 0 saturated carbocycles. The first-order chi connectivity index (χ1) is 6.86. The quantitative estimate of drug-likeness (QED) is 0.685. The number of hydrogen-bond acceptors (Lipinski definition) is 2. The van der Waals surface area contributed by atoms with Crippen LogP contribution in [0.3, 0.4) is 0 Å². The third kappa shape index (κ3) is 3.91. The van der Waals surface area contributed by atoms with E-state index in [-0.39, 0.29) is 0 Å². The van der Waals surface area contributed by atoms with E-state index in [1.54, 1.807) is 0 Å². The van der Waals surface area contributed by atoms with Gasteiger partial charge < -0.3 is 9.05 Å². The first-order valence-electron chi connectivity index (χ1n) is 4.64. The SMILES string of the molecule is C/C=C/P(OCC)Oc1ccccc1. The summed E-state index contributed by atoms with van der Waals surface area (Å²) in [7, 11) is -0.918. The van der Waals surface area contributed by atoms with Crippen LogP contribution in [-0.4, -0.2) is 6.61 Å². The van der Waals surface area contributed by atoms with Crippen LogP contribution in [0.15, 0.2) is 42.2 Å². The molecule has 0 aromatic heterocycles. The average Bonchev–Trinajstić information content (AvgIpc) is 2.20. The maximum Gasteiger partial charge on any atom is 0.256 e. The van der Waals surface area contributed by atoms with Crippen molar-refractivity contribution in [3.8, 4) is 5.75 Å². The minimum atomic E-state index is -0.918. The summed E-state index contributed by atoms with van der Waals surface area (Å²) in [5.41, 5.74) is 0. The van der Waals surface area contributed by atoms with E-state index < -0.39 is 8.38 Å². The van der Waals surface area contributed by atoms with Crippen molar-refractivity contribution in [2.24, 2.45) is 0 Å². The van der Waals surface area contributed by atoms with Gasteiger partial charge in [0.05, 0.1) is 6.61 Å². The molecule has 3 heteroatoms. The van der Waals surface area contributed by atoms with Crippen LogP contribution in [0.5, 0.6) is 5.75 Å². The van der Waals surface area contributed by atoms with Gasteiger partial charge in [0.15, 0.2) is 0 Å². The Balaban J connectivity index is 2.55. The Morgan fingerprint density at radius 1 is 1.29 bits per heavy atom. The van der Waals surface area contributed by atoms with Gasteiger partial charge in [0.25, 0.3) is 8.38 Å². The van der Waals surface area contributed by atoms with Crippen molar-refractivity contribution in [2.45, 2.75) is 13.8 Å². The molecule has 0 aliphatic rings. The van der Waals surface area contributed by atoms with Gasteiger partial charge in [-0.25, -0.2) is 0 Å². The molecule has 1 rings (SSSR count). The predicted octanol–water partition coefficient (Wildman–Crippen LogP) is 3.95. The maximum atomic E-state index is 5.65. The fraction of sp³-hybridized carbons (Fsp3) is 0.273. The first-order valence-corrected chi connectivity index (χ1v) is 5.89. The van der Waals surface area contributed by atoms with Crippen LogP contribution in [0.4, 0.5) is 0 Å². The monoisotopic (exact) mass is 210 g/mol. The third-order valence-electron chi connectivity index (χ3n) is 1.47. The van der Waals surface area contributed by atoms with Gasteiger partial charge >= 0.3 is 0 Å². The molecule has 0 aliphatic heterocycles. The molecule has 0 spiro atoms. The van der Waals surface area contributed by atoms with Crippen molar-refractivity contribution >= 4 is 8.38 Å². The Kier molecular flexibility index (Phi) is 5.28. The highest BCUT2D eigenvalue weighted by Gasteiger charge is 2.05.